The summed E-state index contributed by atoms with van der Waals surface area (Å²) in [6.45, 7) is 4.51. The Morgan fingerprint density at radius 3 is 1.85 bits per heavy atom. The Labute approximate surface area is 266 Å². The molecule has 1 aromatic heterocycles. The number of aryl methyl sites for hydroxylation is 1. The van der Waals surface area contributed by atoms with E-state index in [0.717, 1.165) is 11.1 Å². The number of pyridine rings is 1. The van der Waals surface area contributed by atoms with E-state index in [1.54, 1.807) is 43.3 Å². The van der Waals surface area contributed by atoms with Crippen LogP contribution in [0.5, 0.6) is 28.7 Å². The number of nitrogens with two attached hydrogens (primary N) is 1. The lowest BCUT2D eigenvalue weighted by Crippen LogP contribution is -2.16. The molecule has 3 aromatic carbocycles. The van der Waals surface area contributed by atoms with Crippen LogP contribution >= 0.6 is 0 Å². The molecule has 0 fully saturated rings. The van der Waals surface area contributed by atoms with E-state index in [0.29, 0.717) is 34.1 Å². The number of carbonyl (C=O) groups excluding carboxylic acids is 3. The van der Waals surface area contributed by atoms with E-state index in [2.05, 4.69) is 10.3 Å². The minimum absolute atomic E-state index is 0.00758. The fourth-order valence-electron chi connectivity index (χ4n) is 4.53. The first-order valence-corrected chi connectivity index (χ1v) is 14.1. The Balaban J connectivity index is 1.48. The van der Waals surface area contributed by atoms with Crippen LogP contribution in [0.25, 0.3) is 0 Å². The number of ketones is 2. The molecule has 46 heavy (non-hydrogen) atoms. The van der Waals surface area contributed by atoms with Gasteiger partial charge in [-0.25, -0.2) is 4.79 Å². The van der Waals surface area contributed by atoms with Crippen molar-refractivity contribution < 1.29 is 43.2 Å². The van der Waals surface area contributed by atoms with Crippen LogP contribution in [0, 0.1) is 6.92 Å². The number of anilines is 2. The second-order valence-corrected chi connectivity index (χ2v) is 10.3. The summed E-state index contributed by atoms with van der Waals surface area (Å²) in [6, 6.07) is 16.0. The first kappa shape index (κ1) is 33.1. The number of Topliss-reactive ketones (excluding diaryl/α,β-unsaturated/α-hetero) is 2. The molecule has 240 valence electrons. The highest BCUT2D eigenvalue weighted by molar-refractivity contribution is 6.03. The summed E-state index contributed by atoms with van der Waals surface area (Å²) in [4.78, 5) is 41.4. The van der Waals surface area contributed by atoms with Gasteiger partial charge in [-0.1, -0.05) is 12.1 Å². The summed E-state index contributed by atoms with van der Waals surface area (Å²) in [5, 5.41) is 13.0. The van der Waals surface area contributed by atoms with Crippen LogP contribution in [-0.2, 0) is 24.6 Å². The number of carbonyl (C=O) groups is 3. The predicted molar refractivity (Wildman–Crippen MR) is 170 cm³/mol. The smallest absolute Gasteiger partial charge is 0.411 e. The Hall–Kier alpha value is -5.78. The third kappa shape index (κ3) is 8.44. The highest BCUT2D eigenvalue weighted by atomic mass is 16.5. The van der Waals surface area contributed by atoms with Crippen molar-refractivity contribution in [1.82, 2.24) is 4.98 Å². The largest absolute Gasteiger partial charge is 0.508 e. The normalized spacial score (nSPS) is 10.5. The molecule has 1 amide bonds. The van der Waals surface area contributed by atoms with Gasteiger partial charge in [0.1, 0.15) is 25.6 Å². The fourth-order valence-corrected chi connectivity index (χ4v) is 4.53. The van der Waals surface area contributed by atoms with Crippen LogP contribution in [0.4, 0.5) is 16.2 Å². The summed E-state index contributed by atoms with van der Waals surface area (Å²) in [5.74, 6) is 0.773. The highest BCUT2D eigenvalue weighted by Gasteiger charge is 2.18. The highest BCUT2D eigenvalue weighted by Crippen LogP contribution is 2.35. The minimum Gasteiger partial charge on any atom is -0.508 e. The maximum absolute atomic E-state index is 12.6. The number of hydrogen-bond acceptors (Lipinski definition) is 11. The van der Waals surface area contributed by atoms with Gasteiger partial charge in [-0.15, -0.1) is 0 Å². The molecule has 0 aliphatic heterocycles. The number of ether oxygens (including phenoxy) is 5. The Morgan fingerprint density at radius 2 is 1.30 bits per heavy atom. The number of methoxy groups -OCH3 is 2. The van der Waals surface area contributed by atoms with E-state index >= 15 is 0 Å². The van der Waals surface area contributed by atoms with E-state index < -0.39 is 6.09 Å². The number of amides is 1. The maximum atomic E-state index is 12.6. The maximum Gasteiger partial charge on any atom is 0.411 e. The molecule has 0 atom stereocenters. The number of nitrogens with one attached hydrogen (secondary N) is 1. The van der Waals surface area contributed by atoms with Gasteiger partial charge < -0.3 is 34.5 Å². The van der Waals surface area contributed by atoms with Crippen LogP contribution in [0.15, 0.2) is 60.7 Å². The quantitative estimate of drug-likeness (QED) is 0.117. The molecule has 4 N–H and O–H groups in total. The van der Waals surface area contributed by atoms with Crippen molar-refractivity contribution >= 4 is 29.0 Å². The molecule has 0 radical (unpaired) electrons. The van der Waals surface area contributed by atoms with Crippen LogP contribution in [-0.4, -0.2) is 42.0 Å². The van der Waals surface area contributed by atoms with Crippen molar-refractivity contribution in [3.63, 3.8) is 0 Å². The Kier molecular flexibility index (Phi) is 10.7. The molecule has 0 unspecified atom stereocenters. The van der Waals surface area contributed by atoms with Crippen molar-refractivity contribution in [2.24, 2.45) is 0 Å². The number of nitrogens with zero attached hydrogens (tertiary/aromatic N) is 1. The van der Waals surface area contributed by atoms with Crippen LogP contribution in [0.2, 0.25) is 0 Å². The first-order chi connectivity index (χ1) is 22.0. The van der Waals surface area contributed by atoms with Gasteiger partial charge in [-0.3, -0.25) is 19.9 Å². The summed E-state index contributed by atoms with van der Waals surface area (Å²) >= 11 is 0. The summed E-state index contributed by atoms with van der Waals surface area (Å²) in [5.41, 5.74) is 9.38. The number of rotatable bonds is 13. The molecule has 1 heterocycles. The predicted octanol–water partition coefficient (Wildman–Crippen LogP) is 6.01. The number of benzene rings is 3. The second-order valence-electron chi connectivity index (χ2n) is 10.3. The van der Waals surface area contributed by atoms with Crippen LogP contribution in [0.1, 0.15) is 57.1 Å². The Bertz CT molecular complexity index is 1750. The van der Waals surface area contributed by atoms with Gasteiger partial charge in [0, 0.05) is 35.0 Å². The average molecular weight is 630 g/mol. The van der Waals surface area contributed by atoms with E-state index in [1.807, 2.05) is 0 Å². The zero-order valence-electron chi connectivity index (χ0n) is 26.1. The van der Waals surface area contributed by atoms with Gasteiger partial charge in [-0.05, 0) is 62.2 Å². The van der Waals surface area contributed by atoms with Gasteiger partial charge in [0.2, 0.25) is 0 Å². The SMILES string of the molecule is COc1cc(C(C)=O)c(C)cc1OCc1cc(O)cc(COc2cc(NC(=O)OCc3ccc(N)cc3)c(C(C)=O)cc2OC)n1. The van der Waals surface area contributed by atoms with E-state index in [1.165, 1.54) is 52.3 Å². The zero-order valence-corrected chi connectivity index (χ0v) is 26.1. The van der Waals surface area contributed by atoms with Gasteiger partial charge in [0.15, 0.2) is 34.6 Å². The standard InChI is InChI=1S/C34H35N3O9/c1-19-10-32(30(42-4)13-27(19)20(2)38)44-17-24-11-26(40)12-25(36-24)18-45-33-15-29(28(21(3)39)14-31(33)43-5)37-34(41)46-16-22-6-8-23(35)9-7-22/h6-15H,16-18,35H2,1-5H3,(H,36,40)(H,37,41). The summed E-state index contributed by atoms with van der Waals surface area (Å²) in [6.07, 6.45) is -0.780. The first-order valence-electron chi connectivity index (χ1n) is 14.1. The molecule has 0 aliphatic carbocycles. The number of aromatic nitrogens is 1. The monoisotopic (exact) mass is 629 g/mol. The Morgan fingerprint density at radius 1 is 0.761 bits per heavy atom. The summed E-state index contributed by atoms with van der Waals surface area (Å²) < 4.78 is 28.0. The number of nitrogen functional groups attached to an aromatic ring is 1. The van der Waals surface area contributed by atoms with E-state index in [4.69, 9.17) is 29.4 Å². The molecule has 0 saturated heterocycles. The second kappa shape index (κ2) is 14.8. The fraction of sp³-hybridized carbons (Fsp3) is 0.235. The topological polar surface area (TPSA) is 169 Å². The molecule has 0 aliphatic rings. The number of aromatic hydroxyl groups is 1. The molecule has 12 heteroatoms. The van der Waals surface area contributed by atoms with Crippen LogP contribution < -0.4 is 30.0 Å². The molecule has 4 aromatic rings. The lowest BCUT2D eigenvalue weighted by atomic mass is 10.0. The van der Waals surface area contributed by atoms with Crippen molar-refractivity contribution in [2.75, 3.05) is 25.3 Å². The van der Waals surface area contributed by atoms with Gasteiger partial charge in [0.25, 0.3) is 0 Å². The minimum atomic E-state index is -0.780. The molecule has 0 spiro atoms. The average Bonchev–Trinajstić information content (AvgIpc) is 3.02. The summed E-state index contributed by atoms with van der Waals surface area (Å²) in [7, 11) is 2.90. The van der Waals surface area contributed by atoms with Crippen molar-refractivity contribution in [3.8, 4) is 28.7 Å². The molecular formula is C34H35N3O9. The van der Waals surface area contributed by atoms with Crippen molar-refractivity contribution in [3.05, 3.63) is 94.3 Å². The molecule has 12 nitrogen and oxygen atoms in total. The molecule has 0 saturated carbocycles. The van der Waals surface area contributed by atoms with E-state index in [9.17, 15) is 19.5 Å². The van der Waals surface area contributed by atoms with Crippen molar-refractivity contribution in [1.29, 1.82) is 0 Å². The van der Waals surface area contributed by atoms with Gasteiger partial charge >= 0.3 is 6.09 Å². The third-order valence-corrected chi connectivity index (χ3v) is 6.83. The number of hydrogen-bond donors (Lipinski definition) is 3. The molecule has 4 rings (SSSR count). The van der Waals surface area contributed by atoms with E-state index in [-0.39, 0.29) is 59.9 Å². The van der Waals surface area contributed by atoms with Gasteiger partial charge in [0.05, 0.1) is 31.3 Å². The van der Waals surface area contributed by atoms with Gasteiger partial charge in [-0.2, -0.15) is 0 Å². The molecular weight excluding hydrogens is 594 g/mol. The lowest BCUT2D eigenvalue weighted by molar-refractivity contribution is 0.100. The lowest BCUT2D eigenvalue weighted by Gasteiger charge is -2.16. The zero-order chi connectivity index (χ0) is 33.4. The van der Waals surface area contributed by atoms with Crippen molar-refractivity contribution in [2.45, 2.75) is 40.6 Å². The van der Waals surface area contributed by atoms with Crippen LogP contribution in [0.3, 0.4) is 0 Å². The third-order valence-electron chi connectivity index (χ3n) is 6.83. The molecule has 0 bridgehead atoms.